The number of benzene rings is 1. The van der Waals surface area contributed by atoms with Gasteiger partial charge in [-0.25, -0.2) is 0 Å². The van der Waals surface area contributed by atoms with Crippen LogP contribution in [0.1, 0.15) is 10.6 Å². The molecule has 0 atom stereocenters. The molecule has 0 saturated carbocycles. The molecule has 1 saturated heterocycles. The summed E-state index contributed by atoms with van der Waals surface area (Å²) in [5, 5.41) is 11.4. The summed E-state index contributed by atoms with van der Waals surface area (Å²) < 4.78 is 5.18. The molecule has 0 bridgehead atoms. The molecule has 1 aromatic carbocycles. The van der Waals surface area contributed by atoms with Gasteiger partial charge in [-0.1, -0.05) is 18.2 Å². The Morgan fingerprint density at radius 1 is 1.04 bits per heavy atom. The van der Waals surface area contributed by atoms with Gasteiger partial charge >= 0.3 is 0 Å². The number of amides is 1. The number of piperazine rings is 1. The first-order chi connectivity index (χ1) is 12.8. The van der Waals surface area contributed by atoms with E-state index in [1.807, 2.05) is 35.2 Å². The number of rotatable bonds is 4. The van der Waals surface area contributed by atoms with Crippen molar-refractivity contribution in [3.8, 4) is 0 Å². The molecule has 0 unspecified atom stereocenters. The average Bonchev–Trinajstić information content (AvgIpc) is 3.23. The molecule has 0 spiro atoms. The van der Waals surface area contributed by atoms with Gasteiger partial charge in [-0.3, -0.25) is 4.79 Å². The van der Waals surface area contributed by atoms with E-state index in [0.717, 1.165) is 5.69 Å². The summed E-state index contributed by atoms with van der Waals surface area (Å²) in [6, 6.07) is 13.2. The Labute approximate surface area is 150 Å². The SMILES string of the molecule is O=C(c1ccco1)N1CCN(c2nncc(Nc3ccccc3)n2)CC1. The lowest BCUT2D eigenvalue weighted by molar-refractivity contribution is 0.0714. The lowest BCUT2D eigenvalue weighted by Gasteiger charge is -2.34. The number of para-hydroxylation sites is 1. The number of carbonyl (C=O) groups excluding carboxylic acids is 1. The maximum Gasteiger partial charge on any atom is 0.289 e. The largest absolute Gasteiger partial charge is 0.459 e. The Balaban J connectivity index is 1.40. The molecule has 8 heteroatoms. The smallest absolute Gasteiger partial charge is 0.289 e. The predicted octanol–water partition coefficient (Wildman–Crippen LogP) is 2.17. The number of hydrogen-bond donors (Lipinski definition) is 1. The second kappa shape index (κ2) is 7.22. The standard InChI is InChI=1S/C18H18N6O2/c25-17(15-7-4-12-26-15)23-8-10-24(11-9-23)18-21-16(13-19-22-18)20-14-5-2-1-3-6-14/h1-7,12-13H,8-11H2,(H,20,21,22). The molecule has 1 fully saturated rings. The number of aromatic nitrogens is 3. The number of furan rings is 1. The van der Waals surface area contributed by atoms with E-state index >= 15 is 0 Å². The van der Waals surface area contributed by atoms with Crippen molar-refractivity contribution in [3.05, 3.63) is 60.7 Å². The van der Waals surface area contributed by atoms with E-state index in [0.29, 0.717) is 43.7 Å². The Morgan fingerprint density at radius 2 is 1.85 bits per heavy atom. The lowest BCUT2D eigenvalue weighted by Crippen LogP contribution is -2.49. The van der Waals surface area contributed by atoms with E-state index in [1.165, 1.54) is 6.26 Å². The van der Waals surface area contributed by atoms with Crippen LogP contribution in [0.4, 0.5) is 17.5 Å². The summed E-state index contributed by atoms with van der Waals surface area (Å²) in [5.41, 5.74) is 0.938. The molecular weight excluding hydrogens is 332 g/mol. The zero-order valence-corrected chi connectivity index (χ0v) is 14.1. The Morgan fingerprint density at radius 3 is 2.58 bits per heavy atom. The van der Waals surface area contributed by atoms with Crippen molar-refractivity contribution in [2.24, 2.45) is 0 Å². The zero-order valence-electron chi connectivity index (χ0n) is 14.1. The van der Waals surface area contributed by atoms with E-state index in [-0.39, 0.29) is 5.91 Å². The maximum absolute atomic E-state index is 12.3. The summed E-state index contributed by atoms with van der Waals surface area (Å²) in [6.45, 7) is 2.45. The topological polar surface area (TPSA) is 87.4 Å². The average molecular weight is 350 g/mol. The van der Waals surface area contributed by atoms with Gasteiger partial charge in [0, 0.05) is 31.9 Å². The minimum absolute atomic E-state index is 0.0896. The third-order valence-corrected chi connectivity index (χ3v) is 4.18. The van der Waals surface area contributed by atoms with E-state index in [9.17, 15) is 4.79 Å². The van der Waals surface area contributed by atoms with Crippen LogP contribution in [0.3, 0.4) is 0 Å². The third-order valence-electron chi connectivity index (χ3n) is 4.18. The van der Waals surface area contributed by atoms with Crippen molar-refractivity contribution in [3.63, 3.8) is 0 Å². The second-order valence-electron chi connectivity index (χ2n) is 5.89. The predicted molar refractivity (Wildman–Crippen MR) is 96.4 cm³/mol. The fourth-order valence-electron chi connectivity index (χ4n) is 2.82. The molecule has 1 N–H and O–H groups in total. The maximum atomic E-state index is 12.3. The zero-order chi connectivity index (χ0) is 17.8. The van der Waals surface area contributed by atoms with Gasteiger partial charge in [0.15, 0.2) is 11.6 Å². The highest BCUT2D eigenvalue weighted by atomic mass is 16.3. The van der Waals surface area contributed by atoms with Crippen LogP contribution < -0.4 is 10.2 Å². The van der Waals surface area contributed by atoms with Crippen LogP contribution in [-0.2, 0) is 0 Å². The van der Waals surface area contributed by atoms with Crippen LogP contribution in [0.5, 0.6) is 0 Å². The summed E-state index contributed by atoms with van der Waals surface area (Å²) >= 11 is 0. The Kier molecular flexibility index (Phi) is 4.46. The van der Waals surface area contributed by atoms with Crippen LogP contribution in [0.15, 0.2) is 59.3 Å². The molecule has 3 heterocycles. The molecule has 0 aliphatic carbocycles. The molecule has 8 nitrogen and oxygen atoms in total. The van der Waals surface area contributed by atoms with Crippen LogP contribution in [0.25, 0.3) is 0 Å². The molecule has 0 radical (unpaired) electrons. The van der Waals surface area contributed by atoms with Gasteiger partial charge in [-0.2, -0.15) is 10.1 Å². The fourth-order valence-corrected chi connectivity index (χ4v) is 2.82. The normalized spacial score (nSPS) is 14.3. The van der Waals surface area contributed by atoms with Gasteiger partial charge < -0.3 is 19.5 Å². The van der Waals surface area contributed by atoms with Crippen molar-refractivity contribution in [1.82, 2.24) is 20.1 Å². The summed E-state index contributed by atoms with van der Waals surface area (Å²) in [6.07, 6.45) is 3.10. The van der Waals surface area contributed by atoms with Crippen molar-refractivity contribution in [1.29, 1.82) is 0 Å². The fraction of sp³-hybridized carbons (Fsp3) is 0.222. The molecular formula is C18H18N6O2. The minimum atomic E-state index is -0.0896. The van der Waals surface area contributed by atoms with E-state index in [1.54, 1.807) is 23.2 Å². The van der Waals surface area contributed by atoms with Crippen LogP contribution >= 0.6 is 0 Å². The lowest BCUT2D eigenvalue weighted by atomic mass is 10.3. The van der Waals surface area contributed by atoms with Gasteiger partial charge in [0.1, 0.15) is 0 Å². The molecule has 3 aromatic rings. The van der Waals surface area contributed by atoms with Crippen LogP contribution in [-0.4, -0.2) is 52.2 Å². The number of hydrogen-bond acceptors (Lipinski definition) is 7. The van der Waals surface area contributed by atoms with Crippen molar-refractivity contribution in [2.75, 3.05) is 36.4 Å². The van der Waals surface area contributed by atoms with Gasteiger partial charge in [0.25, 0.3) is 5.91 Å². The third kappa shape index (κ3) is 3.49. The Bertz CT molecular complexity index is 860. The minimum Gasteiger partial charge on any atom is -0.459 e. The monoisotopic (exact) mass is 350 g/mol. The van der Waals surface area contributed by atoms with Crippen LogP contribution in [0, 0.1) is 0 Å². The summed E-state index contributed by atoms with van der Waals surface area (Å²) in [5.74, 6) is 1.46. The quantitative estimate of drug-likeness (QED) is 0.771. The van der Waals surface area contributed by atoms with E-state index in [4.69, 9.17) is 4.42 Å². The highest BCUT2D eigenvalue weighted by Gasteiger charge is 2.25. The second-order valence-corrected chi connectivity index (χ2v) is 5.89. The molecule has 132 valence electrons. The molecule has 1 amide bonds. The van der Waals surface area contributed by atoms with Gasteiger partial charge in [0.2, 0.25) is 5.95 Å². The summed E-state index contributed by atoms with van der Waals surface area (Å²) in [4.78, 5) is 20.6. The van der Waals surface area contributed by atoms with Crippen molar-refractivity contribution < 1.29 is 9.21 Å². The first-order valence-corrected chi connectivity index (χ1v) is 8.39. The highest BCUT2D eigenvalue weighted by Crippen LogP contribution is 2.17. The number of anilines is 3. The number of nitrogens with one attached hydrogen (secondary N) is 1. The molecule has 4 rings (SSSR count). The van der Waals surface area contributed by atoms with Gasteiger partial charge in [-0.15, -0.1) is 5.10 Å². The highest BCUT2D eigenvalue weighted by molar-refractivity contribution is 5.91. The van der Waals surface area contributed by atoms with Crippen molar-refractivity contribution >= 4 is 23.4 Å². The van der Waals surface area contributed by atoms with E-state index in [2.05, 4.69) is 20.5 Å². The molecule has 26 heavy (non-hydrogen) atoms. The van der Waals surface area contributed by atoms with Gasteiger partial charge in [0.05, 0.1) is 12.5 Å². The Hall–Kier alpha value is -3.42. The number of nitrogens with zero attached hydrogens (tertiary/aromatic N) is 5. The molecule has 2 aromatic heterocycles. The van der Waals surface area contributed by atoms with Crippen molar-refractivity contribution in [2.45, 2.75) is 0 Å². The van der Waals surface area contributed by atoms with Crippen LogP contribution in [0.2, 0.25) is 0 Å². The molecule has 1 aliphatic rings. The first kappa shape index (κ1) is 16.1. The first-order valence-electron chi connectivity index (χ1n) is 8.39. The van der Waals surface area contributed by atoms with E-state index < -0.39 is 0 Å². The number of carbonyl (C=O) groups is 1. The van der Waals surface area contributed by atoms with Gasteiger partial charge in [-0.05, 0) is 24.3 Å². The summed E-state index contributed by atoms with van der Waals surface area (Å²) in [7, 11) is 0. The molecule has 1 aliphatic heterocycles.